The minimum Gasteiger partial charge on any atom is -0.462 e. The Labute approximate surface area is 76.2 Å². The number of halogens is 2. The number of esters is 1. The van der Waals surface area contributed by atoms with Gasteiger partial charge in [0.2, 0.25) is 0 Å². The fourth-order valence-corrected chi connectivity index (χ4v) is 0.782. The van der Waals surface area contributed by atoms with Gasteiger partial charge < -0.3 is 10.5 Å². The maximum atomic E-state index is 13.0. The predicted octanol–water partition coefficient (Wildman–Crippen LogP) is 1.17. The second kappa shape index (κ2) is 4.50. The second-order valence-corrected chi connectivity index (χ2v) is 3.11. The van der Waals surface area contributed by atoms with Crippen LogP contribution in [0.15, 0.2) is 0 Å². The number of carbonyl (C=O) groups is 1. The number of ether oxygens (including phenoxy) is 1. The van der Waals surface area contributed by atoms with E-state index in [9.17, 15) is 13.6 Å². The summed E-state index contributed by atoms with van der Waals surface area (Å²) in [6, 6.07) is -1.49. The standard InChI is InChI=1S/C8H15F2NO2/c1-4-13-7(12)8(9,10)6(11)5(2)3/h5-6H,4,11H2,1-3H3. The summed E-state index contributed by atoms with van der Waals surface area (Å²) in [5, 5.41) is 0. The van der Waals surface area contributed by atoms with Gasteiger partial charge in [-0.15, -0.1) is 0 Å². The molecule has 0 amide bonds. The molecule has 0 radical (unpaired) electrons. The van der Waals surface area contributed by atoms with Crippen molar-refractivity contribution in [2.45, 2.75) is 32.7 Å². The molecule has 0 spiro atoms. The molecule has 3 nitrogen and oxygen atoms in total. The lowest BCUT2D eigenvalue weighted by Crippen LogP contribution is -2.50. The summed E-state index contributed by atoms with van der Waals surface area (Å²) in [6.45, 7) is 4.45. The Kier molecular flexibility index (Phi) is 4.26. The van der Waals surface area contributed by atoms with Crippen LogP contribution < -0.4 is 5.73 Å². The van der Waals surface area contributed by atoms with Crippen molar-refractivity contribution in [1.82, 2.24) is 0 Å². The molecule has 0 aliphatic rings. The molecule has 0 aromatic rings. The Bertz CT molecular complexity index is 183. The minimum atomic E-state index is -3.59. The maximum Gasteiger partial charge on any atom is 0.378 e. The summed E-state index contributed by atoms with van der Waals surface area (Å²) in [4.78, 5) is 10.8. The van der Waals surface area contributed by atoms with Crippen LogP contribution in [-0.4, -0.2) is 24.5 Å². The van der Waals surface area contributed by atoms with Crippen molar-refractivity contribution in [3.63, 3.8) is 0 Å². The molecule has 0 aliphatic carbocycles. The number of nitrogens with two attached hydrogens (primary N) is 1. The Morgan fingerprint density at radius 1 is 1.54 bits per heavy atom. The lowest BCUT2D eigenvalue weighted by molar-refractivity contribution is -0.176. The highest BCUT2D eigenvalue weighted by molar-refractivity contribution is 5.78. The lowest BCUT2D eigenvalue weighted by atomic mass is 9.99. The van der Waals surface area contributed by atoms with E-state index in [2.05, 4.69) is 4.74 Å². The van der Waals surface area contributed by atoms with E-state index in [1.54, 1.807) is 0 Å². The van der Waals surface area contributed by atoms with Crippen LogP contribution in [0, 0.1) is 5.92 Å². The van der Waals surface area contributed by atoms with E-state index in [1.165, 1.54) is 20.8 Å². The molecule has 1 atom stereocenters. The molecule has 5 heteroatoms. The Morgan fingerprint density at radius 3 is 2.31 bits per heavy atom. The van der Waals surface area contributed by atoms with E-state index >= 15 is 0 Å². The third-order valence-electron chi connectivity index (χ3n) is 1.68. The quantitative estimate of drug-likeness (QED) is 0.685. The second-order valence-electron chi connectivity index (χ2n) is 3.11. The summed E-state index contributed by atoms with van der Waals surface area (Å²) in [7, 11) is 0. The SMILES string of the molecule is CCOC(=O)C(F)(F)C(N)C(C)C. The zero-order chi connectivity index (χ0) is 10.6. The number of hydrogen-bond acceptors (Lipinski definition) is 3. The average molecular weight is 195 g/mol. The molecule has 13 heavy (non-hydrogen) atoms. The number of rotatable bonds is 4. The summed E-state index contributed by atoms with van der Waals surface area (Å²) in [5.41, 5.74) is 5.17. The van der Waals surface area contributed by atoms with E-state index in [0.717, 1.165) is 0 Å². The summed E-state index contributed by atoms with van der Waals surface area (Å²) >= 11 is 0. The van der Waals surface area contributed by atoms with Gasteiger partial charge in [0.25, 0.3) is 0 Å². The summed E-state index contributed by atoms with van der Waals surface area (Å²) in [5.74, 6) is -5.61. The van der Waals surface area contributed by atoms with Crippen LogP contribution in [0.3, 0.4) is 0 Å². The van der Waals surface area contributed by atoms with Gasteiger partial charge in [-0.1, -0.05) is 13.8 Å². The highest BCUT2D eigenvalue weighted by atomic mass is 19.3. The molecule has 0 saturated heterocycles. The van der Waals surface area contributed by atoms with Crippen LogP contribution in [0.2, 0.25) is 0 Å². The molecule has 0 fully saturated rings. The molecule has 78 valence electrons. The zero-order valence-corrected chi connectivity index (χ0v) is 8.01. The largest absolute Gasteiger partial charge is 0.462 e. The van der Waals surface area contributed by atoms with Gasteiger partial charge in [0.15, 0.2) is 0 Å². The van der Waals surface area contributed by atoms with Crippen molar-refractivity contribution in [2.24, 2.45) is 11.7 Å². The first kappa shape index (κ1) is 12.3. The first-order valence-electron chi connectivity index (χ1n) is 4.14. The monoisotopic (exact) mass is 195 g/mol. The van der Waals surface area contributed by atoms with Gasteiger partial charge in [0.05, 0.1) is 12.6 Å². The van der Waals surface area contributed by atoms with Gasteiger partial charge in [-0.05, 0) is 12.8 Å². The number of alkyl halides is 2. The third kappa shape index (κ3) is 2.91. The first-order chi connectivity index (χ1) is 5.84. The molecule has 0 aromatic heterocycles. The predicted molar refractivity (Wildman–Crippen MR) is 44.4 cm³/mol. The van der Waals surface area contributed by atoms with Gasteiger partial charge in [0, 0.05) is 0 Å². The third-order valence-corrected chi connectivity index (χ3v) is 1.68. The van der Waals surface area contributed by atoms with Crippen molar-refractivity contribution in [1.29, 1.82) is 0 Å². The molecule has 0 heterocycles. The molecular weight excluding hydrogens is 180 g/mol. The highest BCUT2D eigenvalue weighted by Gasteiger charge is 2.48. The fourth-order valence-electron chi connectivity index (χ4n) is 0.782. The molecule has 0 bridgehead atoms. The maximum absolute atomic E-state index is 13.0. The molecule has 1 unspecified atom stereocenters. The topological polar surface area (TPSA) is 52.3 Å². The zero-order valence-electron chi connectivity index (χ0n) is 8.01. The van der Waals surface area contributed by atoms with Crippen molar-refractivity contribution >= 4 is 5.97 Å². The molecular formula is C8H15F2NO2. The number of carbonyl (C=O) groups excluding carboxylic acids is 1. The lowest BCUT2D eigenvalue weighted by Gasteiger charge is -2.24. The van der Waals surface area contributed by atoms with E-state index in [-0.39, 0.29) is 6.61 Å². The van der Waals surface area contributed by atoms with Gasteiger partial charge in [-0.2, -0.15) is 8.78 Å². The van der Waals surface area contributed by atoms with E-state index in [0.29, 0.717) is 0 Å². The van der Waals surface area contributed by atoms with E-state index in [1.807, 2.05) is 0 Å². The highest BCUT2D eigenvalue weighted by Crippen LogP contribution is 2.23. The summed E-state index contributed by atoms with van der Waals surface area (Å²) < 4.78 is 30.3. The van der Waals surface area contributed by atoms with Crippen molar-refractivity contribution < 1.29 is 18.3 Å². The Morgan fingerprint density at radius 2 is 2.00 bits per heavy atom. The van der Waals surface area contributed by atoms with Gasteiger partial charge in [-0.3, -0.25) is 0 Å². The molecule has 0 aromatic carbocycles. The van der Waals surface area contributed by atoms with Crippen LogP contribution in [0.5, 0.6) is 0 Å². The molecule has 0 rings (SSSR count). The average Bonchev–Trinajstić information content (AvgIpc) is 2.03. The van der Waals surface area contributed by atoms with Crippen LogP contribution in [0.4, 0.5) is 8.78 Å². The smallest absolute Gasteiger partial charge is 0.378 e. The van der Waals surface area contributed by atoms with Crippen LogP contribution in [0.25, 0.3) is 0 Å². The van der Waals surface area contributed by atoms with E-state index in [4.69, 9.17) is 5.73 Å². The van der Waals surface area contributed by atoms with Crippen molar-refractivity contribution in [2.75, 3.05) is 6.61 Å². The number of hydrogen-bond donors (Lipinski definition) is 1. The van der Waals surface area contributed by atoms with Crippen LogP contribution in [0.1, 0.15) is 20.8 Å². The molecule has 0 saturated carbocycles. The Balaban J connectivity index is 4.45. The van der Waals surface area contributed by atoms with Gasteiger partial charge in [0.1, 0.15) is 0 Å². The summed E-state index contributed by atoms with van der Waals surface area (Å²) in [6.07, 6.45) is 0. The van der Waals surface area contributed by atoms with Crippen LogP contribution >= 0.6 is 0 Å². The van der Waals surface area contributed by atoms with Crippen molar-refractivity contribution in [3.05, 3.63) is 0 Å². The van der Waals surface area contributed by atoms with Crippen LogP contribution in [-0.2, 0) is 9.53 Å². The minimum absolute atomic E-state index is 0.0702. The first-order valence-corrected chi connectivity index (χ1v) is 4.14. The Hall–Kier alpha value is -0.710. The van der Waals surface area contributed by atoms with E-state index < -0.39 is 23.9 Å². The molecule has 2 N–H and O–H groups in total. The van der Waals surface area contributed by atoms with Gasteiger partial charge >= 0.3 is 11.9 Å². The normalized spacial score (nSPS) is 14.4. The molecule has 0 aliphatic heterocycles. The fraction of sp³-hybridized carbons (Fsp3) is 0.875. The van der Waals surface area contributed by atoms with Gasteiger partial charge in [-0.25, -0.2) is 4.79 Å². The van der Waals surface area contributed by atoms with Crippen molar-refractivity contribution in [3.8, 4) is 0 Å².